The van der Waals surface area contributed by atoms with Crippen LogP contribution in [0, 0.1) is 0 Å². The van der Waals surface area contributed by atoms with Crippen LogP contribution in [0.5, 0.6) is 5.75 Å². The van der Waals surface area contributed by atoms with Crippen molar-refractivity contribution >= 4 is 29.3 Å². The van der Waals surface area contributed by atoms with E-state index in [9.17, 15) is 14.7 Å². The average molecular weight is 393 g/mol. The van der Waals surface area contributed by atoms with Crippen LogP contribution < -0.4 is 5.32 Å². The van der Waals surface area contributed by atoms with Gasteiger partial charge in [-0.1, -0.05) is 36.4 Å². The molecule has 0 heterocycles. The van der Waals surface area contributed by atoms with Crippen molar-refractivity contribution in [3.8, 4) is 16.9 Å². The fourth-order valence-electron chi connectivity index (χ4n) is 2.60. The summed E-state index contributed by atoms with van der Waals surface area (Å²) in [6.45, 7) is -0.360. The van der Waals surface area contributed by atoms with Crippen molar-refractivity contribution in [1.29, 1.82) is 0 Å². The van der Waals surface area contributed by atoms with Gasteiger partial charge in [0, 0.05) is 4.90 Å². The highest BCUT2D eigenvalue weighted by Crippen LogP contribution is 2.25. The molecule has 3 aromatic rings. The molecule has 0 bridgehead atoms. The lowest BCUT2D eigenvalue weighted by atomic mass is 10.0. The Balaban J connectivity index is 1.57. The highest BCUT2D eigenvalue weighted by atomic mass is 32.2. The molecule has 1 amide bonds. The number of benzene rings is 3. The first-order chi connectivity index (χ1) is 13.6. The summed E-state index contributed by atoms with van der Waals surface area (Å²) in [6.07, 6.45) is 1.92. The zero-order valence-electron chi connectivity index (χ0n) is 15.2. The first-order valence-corrected chi connectivity index (χ1v) is 9.79. The Morgan fingerprint density at radius 2 is 1.54 bits per heavy atom. The van der Waals surface area contributed by atoms with Crippen molar-refractivity contribution in [3.63, 3.8) is 0 Å². The number of hydrogen-bond donors (Lipinski definition) is 2. The number of carbonyl (C=O) groups is 2. The van der Waals surface area contributed by atoms with Gasteiger partial charge in [0.1, 0.15) is 5.75 Å². The maximum atomic E-state index is 12.2. The van der Waals surface area contributed by atoms with Gasteiger partial charge in [-0.3, -0.25) is 4.79 Å². The number of hydrogen-bond acceptors (Lipinski definition) is 5. The molecule has 5 nitrogen and oxygen atoms in total. The van der Waals surface area contributed by atoms with Gasteiger partial charge in [-0.2, -0.15) is 0 Å². The van der Waals surface area contributed by atoms with E-state index in [0.29, 0.717) is 11.3 Å². The number of para-hydroxylation sites is 1. The standard InChI is InChI=1S/C22H19NO4S/c1-28-20-5-3-2-4-19(20)23-21(25)14-27-22(26)17-8-6-15(7-9-17)16-10-12-18(24)13-11-16/h2-13,24H,14H2,1H3,(H,23,25). The van der Waals surface area contributed by atoms with E-state index < -0.39 is 11.9 Å². The van der Waals surface area contributed by atoms with E-state index in [4.69, 9.17) is 4.74 Å². The van der Waals surface area contributed by atoms with Gasteiger partial charge in [0.2, 0.25) is 0 Å². The third-order valence-corrected chi connectivity index (χ3v) is 4.83. The normalized spacial score (nSPS) is 10.3. The lowest BCUT2D eigenvalue weighted by Gasteiger charge is -2.10. The molecule has 142 valence electrons. The number of esters is 1. The van der Waals surface area contributed by atoms with Crippen molar-refractivity contribution < 1.29 is 19.4 Å². The highest BCUT2D eigenvalue weighted by Gasteiger charge is 2.12. The molecule has 28 heavy (non-hydrogen) atoms. The Morgan fingerprint density at radius 3 is 2.18 bits per heavy atom. The number of ether oxygens (including phenoxy) is 1. The second-order valence-electron chi connectivity index (χ2n) is 5.95. The number of rotatable bonds is 6. The minimum absolute atomic E-state index is 0.197. The minimum Gasteiger partial charge on any atom is -0.508 e. The molecular formula is C22H19NO4S. The second-order valence-corrected chi connectivity index (χ2v) is 6.80. The number of nitrogens with one attached hydrogen (secondary N) is 1. The van der Waals surface area contributed by atoms with E-state index in [-0.39, 0.29) is 12.4 Å². The number of phenols is 1. The summed E-state index contributed by atoms with van der Waals surface area (Å²) in [5, 5.41) is 12.1. The molecular weight excluding hydrogens is 374 g/mol. The predicted octanol–water partition coefficient (Wildman–Crippen LogP) is 4.58. The van der Waals surface area contributed by atoms with Crippen LogP contribution in [-0.4, -0.2) is 29.8 Å². The maximum Gasteiger partial charge on any atom is 0.338 e. The molecule has 0 aliphatic carbocycles. The summed E-state index contributed by atoms with van der Waals surface area (Å²) in [4.78, 5) is 25.2. The van der Waals surface area contributed by atoms with Crippen molar-refractivity contribution in [3.05, 3.63) is 78.4 Å². The molecule has 0 unspecified atom stereocenters. The van der Waals surface area contributed by atoms with Crippen LogP contribution in [0.1, 0.15) is 10.4 Å². The van der Waals surface area contributed by atoms with Crippen LogP contribution in [-0.2, 0) is 9.53 Å². The van der Waals surface area contributed by atoms with Gasteiger partial charge >= 0.3 is 5.97 Å². The molecule has 2 N–H and O–H groups in total. The predicted molar refractivity (Wildman–Crippen MR) is 111 cm³/mol. The fourth-order valence-corrected chi connectivity index (χ4v) is 3.15. The Bertz CT molecular complexity index is 969. The van der Waals surface area contributed by atoms with Crippen LogP contribution >= 0.6 is 11.8 Å². The summed E-state index contributed by atoms with van der Waals surface area (Å²) in [5.74, 6) is -0.761. The van der Waals surface area contributed by atoms with Crippen LogP contribution in [0.15, 0.2) is 77.7 Å². The monoisotopic (exact) mass is 393 g/mol. The van der Waals surface area contributed by atoms with E-state index in [0.717, 1.165) is 16.0 Å². The van der Waals surface area contributed by atoms with Crippen molar-refractivity contribution in [2.24, 2.45) is 0 Å². The maximum absolute atomic E-state index is 12.2. The third kappa shape index (κ3) is 4.92. The van der Waals surface area contributed by atoms with Gasteiger partial charge in [-0.15, -0.1) is 11.8 Å². The molecule has 3 aromatic carbocycles. The van der Waals surface area contributed by atoms with Crippen LogP contribution in [0.2, 0.25) is 0 Å². The molecule has 0 saturated carbocycles. The molecule has 0 radical (unpaired) electrons. The molecule has 0 atom stereocenters. The smallest absolute Gasteiger partial charge is 0.338 e. The molecule has 0 spiro atoms. The van der Waals surface area contributed by atoms with Crippen LogP contribution in [0.25, 0.3) is 11.1 Å². The first kappa shape index (κ1) is 19.5. The van der Waals surface area contributed by atoms with Gasteiger partial charge in [-0.05, 0) is 53.8 Å². The molecule has 0 aliphatic heterocycles. The quantitative estimate of drug-likeness (QED) is 0.474. The number of anilines is 1. The average Bonchev–Trinajstić information content (AvgIpc) is 2.73. The topological polar surface area (TPSA) is 75.6 Å². The number of carbonyl (C=O) groups excluding carboxylic acids is 2. The Labute approximate surface area is 167 Å². The molecule has 6 heteroatoms. The Hall–Kier alpha value is -3.25. The summed E-state index contributed by atoms with van der Waals surface area (Å²) in [5.41, 5.74) is 2.88. The zero-order valence-corrected chi connectivity index (χ0v) is 16.0. The largest absolute Gasteiger partial charge is 0.508 e. The van der Waals surface area contributed by atoms with E-state index in [1.165, 1.54) is 11.8 Å². The van der Waals surface area contributed by atoms with E-state index >= 15 is 0 Å². The van der Waals surface area contributed by atoms with Gasteiger partial charge in [0.05, 0.1) is 11.3 Å². The second kappa shape index (κ2) is 9.10. The summed E-state index contributed by atoms with van der Waals surface area (Å²) >= 11 is 1.52. The lowest BCUT2D eigenvalue weighted by molar-refractivity contribution is -0.119. The van der Waals surface area contributed by atoms with Gasteiger partial charge < -0.3 is 15.2 Å². The third-order valence-electron chi connectivity index (χ3n) is 4.04. The summed E-state index contributed by atoms with van der Waals surface area (Å²) in [6, 6.07) is 21.1. The number of amides is 1. The number of phenolic OH excluding ortho intramolecular Hbond substituents is 1. The fraction of sp³-hybridized carbons (Fsp3) is 0.0909. The lowest BCUT2D eigenvalue weighted by Crippen LogP contribution is -2.21. The Kier molecular flexibility index (Phi) is 6.34. The first-order valence-electron chi connectivity index (χ1n) is 8.56. The zero-order chi connectivity index (χ0) is 19.9. The minimum atomic E-state index is -0.564. The van der Waals surface area contributed by atoms with Crippen molar-refractivity contribution in [1.82, 2.24) is 0 Å². The van der Waals surface area contributed by atoms with E-state index in [2.05, 4.69) is 5.32 Å². The van der Waals surface area contributed by atoms with Crippen LogP contribution in [0.4, 0.5) is 5.69 Å². The van der Waals surface area contributed by atoms with Crippen LogP contribution in [0.3, 0.4) is 0 Å². The summed E-state index contributed by atoms with van der Waals surface area (Å²) in [7, 11) is 0. The van der Waals surface area contributed by atoms with Gasteiger partial charge in [0.15, 0.2) is 6.61 Å². The Morgan fingerprint density at radius 1 is 0.929 bits per heavy atom. The van der Waals surface area contributed by atoms with Gasteiger partial charge in [0.25, 0.3) is 5.91 Å². The number of aromatic hydroxyl groups is 1. The highest BCUT2D eigenvalue weighted by molar-refractivity contribution is 7.98. The SMILES string of the molecule is CSc1ccccc1NC(=O)COC(=O)c1ccc(-c2ccc(O)cc2)cc1. The van der Waals surface area contributed by atoms with E-state index in [1.54, 1.807) is 54.6 Å². The van der Waals surface area contributed by atoms with E-state index in [1.807, 2.05) is 24.5 Å². The molecule has 0 saturated heterocycles. The van der Waals surface area contributed by atoms with Gasteiger partial charge in [-0.25, -0.2) is 4.79 Å². The van der Waals surface area contributed by atoms with Crippen molar-refractivity contribution in [2.75, 3.05) is 18.2 Å². The molecule has 0 aliphatic rings. The van der Waals surface area contributed by atoms with Crippen molar-refractivity contribution in [2.45, 2.75) is 4.90 Å². The summed E-state index contributed by atoms with van der Waals surface area (Å²) < 4.78 is 5.11. The molecule has 0 aromatic heterocycles. The molecule has 3 rings (SSSR count). The molecule has 0 fully saturated rings. The number of thioether (sulfide) groups is 1.